The van der Waals surface area contributed by atoms with Gasteiger partial charge in [0.15, 0.2) is 11.7 Å². The number of carbonyl (C=O) groups excluding carboxylic acids is 1. The number of ether oxygens (including phenoxy) is 1. The van der Waals surface area contributed by atoms with Gasteiger partial charge in [-0.3, -0.25) is 9.36 Å². The lowest BCUT2D eigenvalue weighted by Gasteiger charge is -2.09. The summed E-state index contributed by atoms with van der Waals surface area (Å²) in [5.41, 5.74) is 3.68. The summed E-state index contributed by atoms with van der Waals surface area (Å²) in [5, 5.41) is 2.79. The molecule has 0 saturated carbocycles. The molecule has 1 aromatic carbocycles. The van der Waals surface area contributed by atoms with Crippen molar-refractivity contribution in [2.75, 3.05) is 6.61 Å². The number of rotatable bonds is 5. The van der Waals surface area contributed by atoms with Crippen molar-refractivity contribution in [1.82, 2.24) is 9.55 Å². The third-order valence-electron chi connectivity index (χ3n) is 3.79. The number of hydrogen-bond donors (Lipinski definition) is 0. The highest BCUT2D eigenvalue weighted by Crippen LogP contribution is 2.27. The Hall–Kier alpha value is -1.92. The van der Waals surface area contributed by atoms with E-state index < -0.39 is 0 Å². The summed E-state index contributed by atoms with van der Waals surface area (Å²) in [5.74, 6) is 0.626. The second-order valence-electron chi connectivity index (χ2n) is 5.58. The van der Waals surface area contributed by atoms with E-state index in [9.17, 15) is 4.79 Å². The van der Waals surface area contributed by atoms with Crippen LogP contribution < -0.4 is 4.74 Å². The van der Waals surface area contributed by atoms with E-state index in [2.05, 4.69) is 20.9 Å². The number of aromatic nitrogens is 2. The van der Waals surface area contributed by atoms with Crippen molar-refractivity contribution in [3.05, 3.63) is 62.8 Å². The molecule has 6 heteroatoms. The summed E-state index contributed by atoms with van der Waals surface area (Å²) >= 11 is 5.01. The SMILES string of the molecule is Cc1ccc(OCC(=O)c2cc(C)n(-c3nccs3)c2C)c(Br)c1. The molecule has 4 nitrogen and oxygen atoms in total. The number of aryl methyl sites for hydroxylation is 2. The van der Waals surface area contributed by atoms with Gasteiger partial charge < -0.3 is 4.74 Å². The van der Waals surface area contributed by atoms with Gasteiger partial charge in [-0.25, -0.2) is 4.98 Å². The molecule has 0 spiro atoms. The van der Waals surface area contributed by atoms with Crippen LogP contribution in [0.2, 0.25) is 0 Å². The maximum absolute atomic E-state index is 12.6. The van der Waals surface area contributed by atoms with Gasteiger partial charge in [-0.05, 0) is 60.5 Å². The number of hydrogen-bond acceptors (Lipinski definition) is 4. The molecule has 0 aliphatic carbocycles. The highest BCUT2D eigenvalue weighted by molar-refractivity contribution is 9.10. The number of nitrogens with zero attached hydrogens (tertiary/aromatic N) is 2. The molecule has 0 N–H and O–H groups in total. The monoisotopic (exact) mass is 404 g/mol. The van der Waals surface area contributed by atoms with E-state index in [0.717, 1.165) is 26.6 Å². The van der Waals surface area contributed by atoms with Crippen molar-refractivity contribution >= 4 is 33.0 Å². The van der Waals surface area contributed by atoms with E-state index in [1.54, 1.807) is 17.5 Å². The Balaban J connectivity index is 1.80. The lowest BCUT2D eigenvalue weighted by molar-refractivity contribution is 0.0920. The van der Waals surface area contributed by atoms with Gasteiger partial charge in [0.1, 0.15) is 5.75 Å². The van der Waals surface area contributed by atoms with Crippen LogP contribution in [0.3, 0.4) is 0 Å². The molecule has 0 bridgehead atoms. The quantitative estimate of drug-likeness (QED) is 0.568. The van der Waals surface area contributed by atoms with Crippen molar-refractivity contribution in [3.63, 3.8) is 0 Å². The van der Waals surface area contributed by atoms with Gasteiger partial charge in [0.2, 0.25) is 5.78 Å². The van der Waals surface area contributed by atoms with Crippen LogP contribution >= 0.6 is 27.3 Å². The molecule has 124 valence electrons. The number of thiazole rings is 1. The van der Waals surface area contributed by atoms with Gasteiger partial charge >= 0.3 is 0 Å². The Morgan fingerprint density at radius 1 is 1.29 bits per heavy atom. The van der Waals surface area contributed by atoms with Gasteiger partial charge in [0.25, 0.3) is 0 Å². The first kappa shape index (κ1) is 16.9. The highest BCUT2D eigenvalue weighted by atomic mass is 79.9. The van der Waals surface area contributed by atoms with E-state index >= 15 is 0 Å². The molecule has 0 aliphatic rings. The number of Topliss-reactive ketones (excluding diaryl/α,β-unsaturated/α-hetero) is 1. The van der Waals surface area contributed by atoms with Crippen molar-refractivity contribution in [2.24, 2.45) is 0 Å². The van der Waals surface area contributed by atoms with E-state index in [1.165, 1.54) is 0 Å². The maximum atomic E-state index is 12.6. The minimum absolute atomic E-state index is 0.00379. The van der Waals surface area contributed by atoms with Crippen molar-refractivity contribution in [3.8, 4) is 10.9 Å². The molecular weight excluding hydrogens is 388 g/mol. The van der Waals surface area contributed by atoms with Crippen molar-refractivity contribution in [1.29, 1.82) is 0 Å². The first-order chi connectivity index (χ1) is 11.5. The molecule has 0 fully saturated rings. The lowest BCUT2D eigenvalue weighted by Crippen LogP contribution is -2.13. The predicted octanol–water partition coefficient (Wildman–Crippen LogP) is 4.88. The summed E-state index contributed by atoms with van der Waals surface area (Å²) < 4.78 is 8.53. The molecule has 3 rings (SSSR count). The number of benzene rings is 1. The molecule has 2 aromatic heterocycles. The Labute approximate surface area is 153 Å². The van der Waals surface area contributed by atoms with E-state index in [4.69, 9.17) is 4.74 Å². The average Bonchev–Trinajstić information content (AvgIpc) is 3.14. The lowest BCUT2D eigenvalue weighted by atomic mass is 10.1. The molecule has 3 aromatic rings. The zero-order valence-corrected chi connectivity index (χ0v) is 16.1. The smallest absolute Gasteiger partial charge is 0.202 e. The summed E-state index contributed by atoms with van der Waals surface area (Å²) in [6.07, 6.45) is 1.76. The molecule has 0 saturated heterocycles. The molecule has 2 heterocycles. The van der Waals surface area contributed by atoms with Gasteiger partial charge in [-0.1, -0.05) is 6.07 Å². The summed E-state index contributed by atoms with van der Waals surface area (Å²) in [7, 11) is 0. The largest absolute Gasteiger partial charge is 0.484 e. The van der Waals surface area contributed by atoms with Crippen LogP contribution in [0.15, 0.2) is 40.3 Å². The zero-order chi connectivity index (χ0) is 17.3. The maximum Gasteiger partial charge on any atom is 0.202 e. The molecule has 24 heavy (non-hydrogen) atoms. The molecular formula is C18H17BrN2O2S. The first-order valence-electron chi connectivity index (χ1n) is 7.48. The fourth-order valence-corrected chi connectivity index (χ4v) is 3.97. The minimum Gasteiger partial charge on any atom is -0.484 e. The van der Waals surface area contributed by atoms with Crippen LogP contribution in [0, 0.1) is 20.8 Å². The van der Waals surface area contributed by atoms with Crippen LogP contribution in [0.5, 0.6) is 5.75 Å². The minimum atomic E-state index is -0.0432. The Morgan fingerprint density at radius 2 is 2.08 bits per heavy atom. The Kier molecular flexibility index (Phi) is 4.87. The highest BCUT2D eigenvalue weighted by Gasteiger charge is 2.18. The second-order valence-corrected chi connectivity index (χ2v) is 7.31. The summed E-state index contributed by atoms with van der Waals surface area (Å²) in [6, 6.07) is 7.69. The Morgan fingerprint density at radius 3 is 2.75 bits per heavy atom. The average molecular weight is 405 g/mol. The molecule has 0 atom stereocenters. The van der Waals surface area contributed by atoms with Crippen LogP contribution in [-0.2, 0) is 0 Å². The predicted molar refractivity (Wildman–Crippen MR) is 99.6 cm³/mol. The van der Waals surface area contributed by atoms with Crippen LogP contribution in [-0.4, -0.2) is 21.9 Å². The zero-order valence-electron chi connectivity index (χ0n) is 13.7. The third-order valence-corrected chi connectivity index (χ3v) is 5.16. The number of carbonyl (C=O) groups is 1. The topological polar surface area (TPSA) is 44.1 Å². The van der Waals surface area contributed by atoms with Gasteiger partial charge in [0.05, 0.1) is 4.47 Å². The van der Waals surface area contributed by atoms with Crippen molar-refractivity contribution in [2.45, 2.75) is 20.8 Å². The van der Waals surface area contributed by atoms with Crippen LogP contribution in [0.1, 0.15) is 27.3 Å². The Bertz CT molecular complexity index is 885. The van der Waals surface area contributed by atoms with Crippen molar-refractivity contribution < 1.29 is 9.53 Å². The van der Waals surface area contributed by atoms with Gasteiger partial charge in [-0.2, -0.15) is 0 Å². The van der Waals surface area contributed by atoms with E-state index in [0.29, 0.717) is 11.3 Å². The molecule has 0 amide bonds. The molecule has 0 aliphatic heterocycles. The fraction of sp³-hybridized carbons (Fsp3) is 0.222. The van der Waals surface area contributed by atoms with Crippen LogP contribution in [0.25, 0.3) is 5.13 Å². The number of halogens is 1. The van der Waals surface area contributed by atoms with E-state index in [1.807, 2.05) is 55.0 Å². The van der Waals surface area contributed by atoms with Gasteiger partial charge in [0, 0.05) is 28.5 Å². The normalized spacial score (nSPS) is 10.8. The standard InChI is InChI=1S/C18H17BrN2O2S/c1-11-4-5-17(15(19)8-11)23-10-16(22)14-9-12(2)21(13(14)3)18-20-6-7-24-18/h4-9H,10H2,1-3H3. The third kappa shape index (κ3) is 3.30. The first-order valence-corrected chi connectivity index (χ1v) is 9.15. The van der Waals surface area contributed by atoms with Crippen LogP contribution in [0.4, 0.5) is 0 Å². The fourth-order valence-electron chi connectivity index (χ4n) is 2.61. The molecule has 0 radical (unpaired) electrons. The number of ketones is 1. The van der Waals surface area contributed by atoms with E-state index in [-0.39, 0.29) is 12.4 Å². The summed E-state index contributed by atoms with van der Waals surface area (Å²) in [4.78, 5) is 16.9. The van der Waals surface area contributed by atoms with Gasteiger partial charge in [-0.15, -0.1) is 11.3 Å². The second kappa shape index (κ2) is 6.91. The summed E-state index contributed by atoms with van der Waals surface area (Å²) in [6.45, 7) is 5.92. The molecule has 0 unspecified atom stereocenters.